The van der Waals surface area contributed by atoms with Crippen molar-refractivity contribution in [2.75, 3.05) is 0 Å². The largest absolute Gasteiger partial charge is 0.452 e. The van der Waals surface area contributed by atoms with Gasteiger partial charge in [-0.05, 0) is 43.2 Å². The number of hydrogen-bond acceptors (Lipinski definition) is 4. The number of aromatic nitrogens is 1. The summed E-state index contributed by atoms with van der Waals surface area (Å²) in [5.41, 5.74) is 1.18. The summed E-state index contributed by atoms with van der Waals surface area (Å²) in [5.74, 6) is 0.315. The molecule has 3 aromatic rings. The van der Waals surface area contributed by atoms with Crippen molar-refractivity contribution < 1.29 is 27.1 Å². The molecule has 4 nitrogen and oxygen atoms in total. The van der Waals surface area contributed by atoms with Gasteiger partial charge in [-0.2, -0.15) is 13.2 Å². The van der Waals surface area contributed by atoms with E-state index in [-0.39, 0.29) is 18.1 Å². The first kappa shape index (κ1) is 18.7. The highest BCUT2D eigenvalue weighted by molar-refractivity contribution is 5.97. The van der Waals surface area contributed by atoms with Crippen LogP contribution in [-0.4, -0.2) is 11.0 Å². The number of alkyl halides is 3. The summed E-state index contributed by atoms with van der Waals surface area (Å²) in [5, 5.41) is 0. The zero-order valence-corrected chi connectivity index (χ0v) is 14.6. The van der Waals surface area contributed by atoms with E-state index in [9.17, 15) is 18.0 Å². The Morgan fingerprint density at radius 1 is 1.07 bits per heavy atom. The molecule has 0 saturated heterocycles. The molecule has 0 aliphatic heterocycles. The van der Waals surface area contributed by atoms with Crippen LogP contribution in [0.3, 0.4) is 0 Å². The molecule has 0 spiro atoms. The topological polar surface area (TPSA) is 52.3 Å². The van der Waals surface area contributed by atoms with E-state index >= 15 is 0 Å². The molecule has 0 radical (unpaired) electrons. The van der Waals surface area contributed by atoms with Gasteiger partial charge >= 0.3 is 12.1 Å². The number of benzene rings is 2. The highest BCUT2D eigenvalue weighted by Crippen LogP contribution is 2.32. The molecule has 0 fully saturated rings. The first-order valence-electron chi connectivity index (χ1n) is 8.12. The van der Waals surface area contributed by atoms with Crippen LogP contribution in [0.1, 0.15) is 33.3 Å². The molecular formula is C20H16F3NO3. The first-order chi connectivity index (χ1) is 12.8. The summed E-state index contributed by atoms with van der Waals surface area (Å²) in [4.78, 5) is 16.6. The monoisotopic (exact) mass is 375 g/mol. The number of carbonyl (C=O) groups excluding carboxylic acids is 1. The number of nitrogens with zero attached hydrogens (tertiary/aromatic N) is 1. The minimum Gasteiger partial charge on any atom is -0.452 e. The van der Waals surface area contributed by atoms with E-state index in [4.69, 9.17) is 9.15 Å². The summed E-state index contributed by atoms with van der Waals surface area (Å²) in [7, 11) is 0. The molecule has 3 rings (SSSR count). The molecule has 0 amide bonds. The molecule has 2 aromatic carbocycles. The lowest BCUT2D eigenvalue weighted by Crippen LogP contribution is -2.07. The van der Waals surface area contributed by atoms with Crippen molar-refractivity contribution in [2.24, 2.45) is 0 Å². The third-order valence-corrected chi connectivity index (χ3v) is 4.07. The fraction of sp³-hybridized carbons (Fsp3) is 0.200. The van der Waals surface area contributed by atoms with E-state index in [2.05, 4.69) is 4.98 Å². The van der Waals surface area contributed by atoms with Gasteiger partial charge in [0.05, 0.1) is 16.8 Å². The van der Waals surface area contributed by atoms with Gasteiger partial charge in [-0.25, -0.2) is 9.78 Å². The van der Waals surface area contributed by atoms with Crippen molar-refractivity contribution in [1.29, 1.82) is 0 Å². The third-order valence-electron chi connectivity index (χ3n) is 4.07. The van der Waals surface area contributed by atoms with Crippen molar-refractivity contribution in [2.45, 2.75) is 26.6 Å². The Kier molecular flexibility index (Phi) is 5.03. The number of halogens is 3. The zero-order valence-electron chi connectivity index (χ0n) is 14.6. The molecule has 0 N–H and O–H groups in total. The average Bonchev–Trinajstić information content (AvgIpc) is 2.97. The van der Waals surface area contributed by atoms with Gasteiger partial charge in [-0.15, -0.1) is 0 Å². The van der Waals surface area contributed by atoms with E-state index < -0.39 is 17.7 Å². The van der Waals surface area contributed by atoms with E-state index in [0.717, 1.165) is 12.1 Å². The molecule has 1 aromatic heterocycles. The SMILES string of the molecule is Cc1nc(COC(=O)c2ccccc2-c2ccc(C(F)(F)F)cc2)oc1C. The van der Waals surface area contributed by atoms with Crippen LogP contribution in [-0.2, 0) is 17.5 Å². The quantitative estimate of drug-likeness (QED) is 0.578. The van der Waals surface area contributed by atoms with Crippen molar-refractivity contribution in [3.05, 3.63) is 77.0 Å². The molecule has 1 heterocycles. The van der Waals surface area contributed by atoms with Gasteiger partial charge < -0.3 is 9.15 Å². The Morgan fingerprint density at radius 2 is 1.74 bits per heavy atom. The van der Waals surface area contributed by atoms with Gasteiger partial charge in [0.2, 0.25) is 5.89 Å². The molecule has 0 saturated carbocycles. The van der Waals surface area contributed by atoms with Crippen LogP contribution in [0.25, 0.3) is 11.1 Å². The van der Waals surface area contributed by atoms with Gasteiger partial charge in [0.1, 0.15) is 5.76 Å². The van der Waals surface area contributed by atoms with Gasteiger partial charge in [0.15, 0.2) is 6.61 Å². The van der Waals surface area contributed by atoms with Crippen LogP contribution in [0, 0.1) is 13.8 Å². The van der Waals surface area contributed by atoms with Gasteiger partial charge in [-0.1, -0.05) is 30.3 Å². The number of carbonyl (C=O) groups is 1. The Labute approximate surface area is 153 Å². The lowest BCUT2D eigenvalue weighted by atomic mass is 9.98. The number of ether oxygens (including phenoxy) is 1. The Morgan fingerprint density at radius 3 is 2.33 bits per heavy atom. The maximum absolute atomic E-state index is 12.7. The molecule has 0 aliphatic rings. The van der Waals surface area contributed by atoms with E-state index in [1.807, 2.05) is 0 Å². The zero-order chi connectivity index (χ0) is 19.6. The van der Waals surface area contributed by atoms with Gasteiger partial charge in [0.25, 0.3) is 0 Å². The molecule has 0 atom stereocenters. The second-order valence-corrected chi connectivity index (χ2v) is 5.95. The predicted molar refractivity (Wildman–Crippen MR) is 92.0 cm³/mol. The van der Waals surface area contributed by atoms with E-state index in [0.29, 0.717) is 22.6 Å². The molecule has 27 heavy (non-hydrogen) atoms. The highest BCUT2D eigenvalue weighted by atomic mass is 19.4. The van der Waals surface area contributed by atoms with Gasteiger partial charge in [0, 0.05) is 0 Å². The molecule has 7 heteroatoms. The number of hydrogen-bond donors (Lipinski definition) is 0. The van der Waals surface area contributed by atoms with Crippen molar-refractivity contribution >= 4 is 5.97 Å². The van der Waals surface area contributed by atoms with Crippen LogP contribution >= 0.6 is 0 Å². The summed E-state index contributed by atoms with van der Waals surface area (Å²) < 4.78 is 48.8. The van der Waals surface area contributed by atoms with Crippen LogP contribution in [0.15, 0.2) is 52.9 Å². The first-order valence-corrected chi connectivity index (χ1v) is 8.12. The molecule has 0 aliphatic carbocycles. The normalized spacial score (nSPS) is 11.4. The standard InChI is InChI=1S/C20H16F3NO3/c1-12-13(2)27-18(24-12)11-26-19(25)17-6-4-3-5-16(17)14-7-9-15(10-8-14)20(21,22)23/h3-10H,11H2,1-2H3. The summed E-state index contributed by atoms with van der Waals surface area (Å²) in [6.45, 7) is 3.41. The third kappa shape index (κ3) is 4.19. The number of esters is 1. The molecule has 0 unspecified atom stereocenters. The van der Waals surface area contributed by atoms with Gasteiger partial charge in [-0.3, -0.25) is 0 Å². The molecule has 140 valence electrons. The number of rotatable bonds is 4. The number of oxazole rings is 1. The fourth-order valence-corrected chi connectivity index (χ4v) is 2.56. The van der Waals surface area contributed by atoms with Crippen LogP contribution in [0.4, 0.5) is 13.2 Å². The molecular weight excluding hydrogens is 359 g/mol. The minimum absolute atomic E-state index is 0.130. The summed E-state index contributed by atoms with van der Waals surface area (Å²) in [6.07, 6.45) is -4.41. The van der Waals surface area contributed by atoms with Crippen LogP contribution in [0.5, 0.6) is 0 Å². The number of aryl methyl sites for hydroxylation is 2. The Bertz CT molecular complexity index is 940. The van der Waals surface area contributed by atoms with Crippen molar-refractivity contribution in [3.63, 3.8) is 0 Å². The Balaban J connectivity index is 1.81. The fourth-order valence-electron chi connectivity index (χ4n) is 2.56. The highest BCUT2D eigenvalue weighted by Gasteiger charge is 2.30. The lowest BCUT2D eigenvalue weighted by Gasteiger charge is -2.11. The lowest BCUT2D eigenvalue weighted by molar-refractivity contribution is -0.137. The second-order valence-electron chi connectivity index (χ2n) is 5.95. The van der Waals surface area contributed by atoms with E-state index in [1.54, 1.807) is 38.1 Å². The maximum atomic E-state index is 12.7. The van der Waals surface area contributed by atoms with E-state index in [1.165, 1.54) is 12.1 Å². The summed E-state index contributed by atoms with van der Waals surface area (Å²) in [6, 6.07) is 11.2. The Hall–Kier alpha value is -3.09. The second kappa shape index (κ2) is 7.26. The molecule has 0 bridgehead atoms. The minimum atomic E-state index is -4.41. The van der Waals surface area contributed by atoms with Crippen molar-refractivity contribution in [3.8, 4) is 11.1 Å². The maximum Gasteiger partial charge on any atom is 0.416 e. The van der Waals surface area contributed by atoms with Crippen molar-refractivity contribution in [1.82, 2.24) is 4.98 Å². The average molecular weight is 375 g/mol. The predicted octanol–water partition coefficient (Wildman–Crippen LogP) is 5.33. The smallest absolute Gasteiger partial charge is 0.416 e. The van der Waals surface area contributed by atoms with Crippen LogP contribution in [0.2, 0.25) is 0 Å². The summed E-state index contributed by atoms with van der Waals surface area (Å²) >= 11 is 0. The van der Waals surface area contributed by atoms with Crippen LogP contribution < -0.4 is 0 Å².